The molecule has 1 aliphatic heterocycles. The molecule has 0 radical (unpaired) electrons. The van der Waals surface area contributed by atoms with Crippen LogP contribution in [0.5, 0.6) is 0 Å². The number of hydrogen-bond donors (Lipinski definition) is 1. The molecule has 2 aromatic rings. The maximum Gasteiger partial charge on any atom is 0.135 e. The molecule has 3 rings (SSSR count). The molecule has 1 saturated heterocycles. The van der Waals surface area contributed by atoms with Gasteiger partial charge in [-0.25, -0.2) is 4.98 Å². The van der Waals surface area contributed by atoms with E-state index in [1.807, 2.05) is 25.5 Å². The number of nitrogens with one attached hydrogen (secondary N) is 1. The zero-order valence-corrected chi connectivity index (χ0v) is 11.8. The number of aromatic nitrogens is 2. The summed E-state index contributed by atoms with van der Waals surface area (Å²) in [6.07, 6.45) is 5.36. The monoisotopic (exact) mass is 279 g/mol. The van der Waals surface area contributed by atoms with Gasteiger partial charge in [-0.3, -0.25) is 0 Å². The molecule has 1 atom stereocenters. The van der Waals surface area contributed by atoms with E-state index >= 15 is 0 Å². The lowest BCUT2D eigenvalue weighted by Crippen LogP contribution is -2.17. The van der Waals surface area contributed by atoms with E-state index in [-0.39, 0.29) is 6.23 Å². The van der Waals surface area contributed by atoms with Crippen molar-refractivity contribution in [2.75, 3.05) is 13.7 Å². The first-order chi connectivity index (χ1) is 9.29. The summed E-state index contributed by atoms with van der Waals surface area (Å²) >= 11 is 6.22. The average Bonchev–Trinajstić information content (AvgIpc) is 2.84. The highest BCUT2D eigenvalue weighted by molar-refractivity contribution is 6.31. The molecule has 102 valence electrons. The SMILES string of the molecule is CNCc1cc(Cl)cc2c1ncn2C1CCCCO1. The fourth-order valence-corrected chi connectivity index (χ4v) is 2.90. The molecule has 0 bridgehead atoms. The quantitative estimate of drug-likeness (QED) is 0.938. The van der Waals surface area contributed by atoms with Crippen molar-refractivity contribution in [1.82, 2.24) is 14.9 Å². The summed E-state index contributed by atoms with van der Waals surface area (Å²) in [7, 11) is 1.92. The first-order valence-corrected chi connectivity index (χ1v) is 7.08. The van der Waals surface area contributed by atoms with Crippen LogP contribution in [0.1, 0.15) is 31.1 Å². The number of benzene rings is 1. The van der Waals surface area contributed by atoms with E-state index in [1.165, 1.54) is 6.42 Å². The van der Waals surface area contributed by atoms with Crippen LogP contribution in [0.3, 0.4) is 0 Å². The zero-order valence-electron chi connectivity index (χ0n) is 11.0. The lowest BCUT2D eigenvalue weighted by molar-refractivity contribution is -0.0295. The van der Waals surface area contributed by atoms with Crippen LogP contribution >= 0.6 is 11.6 Å². The van der Waals surface area contributed by atoms with E-state index in [1.54, 1.807) is 0 Å². The van der Waals surface area contributed by atoms with Crippen molar-refractivity contribution in [1.29, 1.82) is 0 Å². The second-order valence-electron chi connectivity index (χ2n) is 4.94. The predicted molar refractivity (Wildman–Crippen MR) is 76.3 cm³/mol. The summed E-state index contributed by atoms with van der Waals surface area (Å²) in [6, 6.07) is 3.94. The van der Waals surface area contributed by atoms with Crippen molar-refractivity contribution in [3.63, 3.8) is 0 Å². The minimum absolute atomic E-state index is 0.0969. The van der Waals surface area contributed by atoms with Crippen molar-refractivity contribution >= 4 is 22.6 Å². The number of nitrogens with zero attached hydrogens (tertiary/aromatic N) is 2. The van der Waals surface area contributed by atoms with Crippen molar-refractivity contribution < 1.29 is 4.74 Å². The largest absolute Gasteiger partial charge is 0.358 e. The van der Waals surface area contributed by atoms with E-state index in [2.05, 4.69) is 14.9 Å². The maximum absolute atomic E-state index is 6.22. The number of imidazole rings is 1. The number of rotatable bonds is 3. The van der Waals surface area contributed by atoms with E-state index in [0.717, 1.165) is 47.6 Å². The lowest BCUT2D eigenvalue weighted by atomic mass is 10.1. The van der Waals surface area contributed by atoms with Gasteiger partial charge in [0.2, 0.25) is 0 Å². The zero-order chi connectivity index (χ0) is 13.2. The minimum atomic E-state index is 0.0969. The smallest absolute Gasteiger partial charge is 0.135 e. The van der Waals surface area contributed by atoms with Gasteiger partial charge in [-0.2, -0.15) is 0 Å². The Balaban J connectivity index is 2.06. The molecule has 1 fully saturated rings. The molecule has 1 aromatic carbocycles. The van der Waals surface area contributed by atoms with E-state index in [9.17, 15) is 0 Å². The first-order valence-electron chi connectivity index (χ1n) is 6.71. The maximum atomic E-state index is 6.22. The molecular weight excluding hydrogens is 262 g/mol. The van der Waals surface area contributed by atoms with Crippen molar-refractivity contribution in [3.8, 4) is 0 Å². The summed E-state index contributed by atoms with van der Waals surface area (Å²) < 4.78 is 7.95. The first kappa shape index (κ1) is 12.9. The van der Waals surface area contributed by atoms with Gasteiger partial charge in [-0.15, -0.1) is 0 Å². The van der Waals surface area contributed by atoms with Crippen molar-refractivity contribution in [2.45, 2.75) is 32.0 Å². The fourth-order valence-electron chi connectivity index (χ4n) is 2.67. The molecule has 2 heterocycles. The summed E-state index contributed by atoms with van der Waals surface area (Å²) in [5.74, 6) is 0. The van der Waals surface area contributed by atoms with Crippen LogP contribution in [-0.2, 0) is 11.3 Å². The van der Waals surface area contributed by atoms with Crippen molar-refractivity contribution in [3.05, 3.63) is 29.0 Å². The standard InChI is InChI=1S/C14H18ClN3O/c1-16-8-10-6-11(15)7-12-14(10)17-9-18(12)13-4-2-3-5-19-13/h6-7,9,13,16H,2-5,8H2,1H3. The summed E-state index contributed by atoms with van der Waals surface area (Å²) in [4.78, 5) is 4.54. The van der Waals surface area contributed by atoms with Gasteiger partial charge in [0.15, 0.2) is 0 Å². The molecule has 19 heavy (non-hydrogen) atoms. The molecule has 4 nitrogen and oxygen atoms in total. The highest BCUT2D eigenvalue weighted by Gasteiger charge is 2.19. The van der Waals surface area contributed by atoms with Crippen LogP contribution in [0.4, 0.5) is 0 Å². The molecule has 0 aliphatic carbocycles. The van der Waals surface area contributed by atoms with Crippen LogP contribution in [-0.4, -0.2) is 23.2 Å². The molecule has 0 amide bonds. The topological polar surface area (TPSA) is 39.1 Å². The molecular formula is C14H18ClN3O. The highest BCUT2D eigenvalue weighted by Crippen LogP contribution is 2.29. The number of fused-ring (bicyclic) bond motifs is 1. The van der Waals surface area contributed by atoms with Crippen LogP contribution in [0.25, 0.3) is 11.0 Å². The second kappa shape index (κ2) is 5.49. The van der Waals surface area contributed by atoms with Gasteiger partial charge in [-0.05, 0) is 44.0 Å². The molecule has 1 aliphatic rings. The summed E-state index contributed by atoms with van der Waals surface area (Å²) in [5, 5.41) is 3.90. The molecule has 5 heteroatoms. The molecule has 1 aromatic heterocycles. The van der Waals surface area contributed by atoms with Gasteiger partial charge in [0.25, 0.3) is 0 Å². The Morgan fingerprint density at radius 2 is 2.37 bits per heavy atom. The van der Waals surface area contributed by atoms with E-state index in [4.69, 9.17) is 16.3 Å². The third-order valence-corrected chi connectivity index (χ3v) is 3.77. The lowest BCUT2D eigenvalue weighted by Gasteiger charge is -2.24. The van der Waals surface area contributed by atoms with Gasteiger partial charge in [0.1, 0.15) is 6.23 Å². The van der Waals surface area contributed by atoms with Gasteiger partial charge < -0.3 is 14.6 Å². The Hall–Kier alpha value is -1.10. The highest BCUT2D eigenvalue weighted by atomic mass is 35.5. The van der Waals surface area contributed by atoms with Crippen LogP contribution in [0, 0.1) is 0 Å². The Kier molecular flexibility index (Phi) is 3.73. The van der Waals surface area contributed by atoms with Gasteiger partial charge in [-0.1, -0.05) is 11.6 Å². The van der Waals surface area contributed by atoms with E-state index in [0.29, 0.717) is 0 Å². The number of ether oxygens (including phenoxy) is 1. The molecule has 0 spiro atoms. The molecule has 1 unspecified atom stereocenters. The molecule has 0 saturated carbocycles. The van der Waals surface area contributed by atoms with Crippen LogP contribution in [0.15, 0.2) is 18.5 Å². The van der Waals surface area contributed by atoms with Crippen LogP contribution < -0.4 is 5.32 Å². The third kappa shape index (κ3) is 2.48. The molecule has 1 N–H and O–H groups in total. The van der Waals surface area contributed by atoms with Crippen LogP contribution in [0.2, 0.25) is 5.02 Å². The Bertz CT molecular complexity index is 575. The third-order valence-electron chi connectivity index (χ3n) is 3.56. The second-order valence-corrected chi connectivity index (χ2v) is 5.37. The van der Waals surface area contributed by atoms with Crippen molar-refractivity contribution in [2.24, 2.45) is 0 Å². The van der Waals surface area contributed by atoms with Gasteiger partial charge in [0, 0.05) is 18.2 Å². The summed E-state index contributed by atoms with van der Waals surface area (Å²) in [5.41, 5.74) is 3.19. The van der Waals surface area contributed by atoms with E-state index < -0.39 is 0 Å². The Morgan fingerprint density at radius 1 is 1.47 bits per heavy atom. The van der Waals surface area contributed by atoms with Gasteiger partial charge in [0.05, 0.1) is 17.4 Å². The predicted octanol–water partition coefficient (Wildman–Crippen LogP) is 3.11. The number of hydrogen-bond acceptors (Lipinski definition) is 3. The average molecular weight is 280 g/mol. The Morgan fingerprint density at radius 3 is 3.11 bits per heavy atom. The normalized spacial score (nSPS) is 20.0. The Labute approximate surface area is 117 Å². The number of halogens is 1. The minimum Gasteiger partial charge on any atom is -0.358 e. The fraction of sp³-hybridized carbons (Fsp3) is 0.500. The summed E-state index contributed by atoms with van der Waals surface area (Å²) in [6.45, 7) is 1.59. The van der Waals surface area contributed by atoms with Gasteiger partial charge >= 0.3 is 0 Å².